The molecule has 0 saturated carbocycles. The number of ether oxygens (including phenoxy) is 1. The first-order valence-corrected chi connectivity index (χ1v) is 17.5. The van der Waals surface area contributed by atoms with E-state index in [2.05, 4.69) is 78.8 Å². The van der Waals surface area contributed by atoms with Crippen LogP contribution >= 0.6 is 0 Å². The Hall–Kier alpha value is -3.97. The molecule has 7 heteroatoms. The lowest BCUT2D eigenvalue weighted by atomic mass is 9.69. The van der Waals surface area contributed by atoms with E-state index in [1.165, 1.54) is 49.4 Å². The Balaban J connectivity index is 1.09. The maximum absolute atomic E-state index is 13.6. The number of nitrogens with zero attached hydrogens (tertiary/aromatic N) is 4. The van der Waals surface area contributed by atoms with Crippen LogP contribution in [-0.4, -0.2) is 70.1 Å². The second-order valence-electron chi connectivity index (χ2n) is 14.4. The Labute approximate surface area is 278 Å². The number of carbonyl (C=O) groups excluding carboxylic acids is 2. The molecule has 3 atom stereocenters. The number of methoxy groups -OCH3 is 1. The highest BCUT2D eigenvalue weighted by atomic mass is 16.5. The van der Waals surface area contributed by atoms with Crippen LogP contribution in [0.5, 0.6) is 0 Å². The van der Waals surface area contributed by atoms with E-state index in [0.717, 1.165) is 37.1 Å². The number of para-hydroxylation sites is 2. The largest absolute Gasteiger partial charge is 0.465 e. The fourth-order valence-corrected chi connectivity index (χ4v) is 8.92. The molecule has 3 aliphatic heterocycles. The van der Waals surface area contributed by atoms with Crippen LogP contribution in [0, 0.1) is 6.92 Å². The summed E-state index contributed by atoms with van der Waals surface area (Å²) in [6, 6.07) is 26.5. The molecule has 3 fully saturated rings. The van der Waals surface area contributed by atoms with Gasteiger partial charge in [-0.05, 0) is 111 Å². The number of benzene rings is 3. The summed E-state index contributed by atoms with van der Waals surface area (Å²) in [5.74, 6) is 1.16. The fourth-order valence-electron chi connectivity index (χ4n) is 8.92. The number of likely N-dealkylation sites (tertiary alicyclic amines) is 1. The van der Waals surface area contributed by atoms with E-state index >= 15 is 0 Å². The van der Waals surface area contributed by atoms with Gasteiger partial charge in [-0.15, -0.1) is 0 Å². The van der Waals surface area contributed by atoms with Crippen molar-refractivity contribution in [1.29, 1.82) is 0 Å². The van der Waals surface area contributed by atoms with Crippen LogP contribution in [0.15, 0.2) is 72.8 Å². The van der Waals surface area contributed by atoms with Gasteiger partial charge in [0.05, 0.1) is 23.7 Å². The van der Waals surface area contributed by atoms with Gasteiger partial charge >= 0.3 is 5.97 Å². The molecular weight excluding hydrogens is 584 g/mol. The van der Waals surface area contributed by atoms with E-state index in [0.29, 0.717) is 48.3 Å². The molecule has 4 heterocycles. The van der Waals surface area contributed by atoms with Gasteiger partial charge in [0.1, 0.15) is 5.82 Å². The lowest BCUT2D eigenvalue weighted by Gasteiger charge is -2.46. The van der Waals surface area contributed by atoms with Gasteiger partial charge in [0.25, 0.3) is 5.91 Å². The standard InChI is InChI=1S/C40H48N4O3/c1-27(2)29-9-8-12-32(24-29)40(17-20-42(21-18-40)38(45)30-10-7-11-31(23-30)39(46)47-4)19-22-43-33-15-16-34(43)26-35(25-33)44-28(3)41-36-13-5-6-14-37(36)44/h5-14,23-24,27,33-35H,15-22,25-26H2,1-4H3/t33-,34?,35?/m1/s1. The van der Waals surface area contributed by atoms with Crippen molar-refractivity contribution in [3.8, 4) is 0 Å². The zero-order chi connectivity index (χ0) is 32.7. The Morgan fingerprint density at radius 3 is 2.32 bits per heavy atom. The van der Waals surface area contributed by atoms with Crippen molar-refractivity contribution in [2.45, 2.75) is 95.2 Å². The molecule has 1 amide bonds. The Morgan fingerprint density at radius 2 is 1.60 bits per heavy atom. The molecule has 0 radical (unpaired) electrons. The summed E-state index contributed by atoms with van der Waals surface area (Å²) < 4.78 is 7.41. The molecule has 7 nitrogen and oxygen atoms in total. The number of hydrogen-bond donors (Lipinski definition) is 0. The van der Waals surface area contributed by atoms with Crippen LogP contribution < -0.4 is 0 Å². The minimum Gasteiger partial charge on any atom is -0.465 e. The number of esters is 1. The molecule has 7 rings (SSSR count). The number of amides is 1. The maximum Gasteiger partial charge on any atom is 0.337 e. The molecular formula is C40H48N4O3. The molecule has 4 aromatic rings. The summed E-state index contributed by atoms with van der Waals surface area (Å²) in [4.78, 5) is 35.5. The number of piperidine rings is 2. The summed E-state index contributed by atoms with van der Waals surface area (Å²) in [6.07, 6.45) is 7.87. The van der Waals surface area contributed by atoms with Crippen LogP contribution in [0.1, 0.15) is 108 Å². The Kier molecular flexibility index (Phi) is 8.69. The van der Waals surface area contributed by atoms with E-state index in [-0.39, 0.29) is 11.3 Å². The van der Waals surface area contributed by atoms with E-state index in [9.17, 15) is 9.59 Å². The summed E-state index contributed by atoms with van der Waals surface area (Å²) >= 11 is 0. The van der Waals surface area contributed by atoms with Crippen molar-refractivity contribution >= 4 is 22.9 Å². The average Bonchev–Trinajstić information content (AvgIpc) is 3.56. The predicted molar refractivity (Wildman–Crippen MR) is 186 cm³/mol. The third-order valence-corrected chi connectivity index (χ3v) is 11.5. The Morgan fingerprint density at radius 1 is 0.894 bits per heavy atom. The number of aryl methyl sites for hydroxylation is 1. The molecule has 0 spiro atoms. The molecule has 0 N–H and O–H groups in total. The average molecular weight is 633 g/mol. The maximum atomic E-state index is 13.6. The second-order valence-corrected chi connectivity index (χ2v) is 14.4. The molecule has 0 aliphatic carbocycles. The summed E-state index contributed by atoms with van der Waals surface area (Å²) in [5, 5.41) is 0. The molecule has 2 bridgehead atoms. The topological polar surface area (TPSA) is 67.7 Å². The lowest BCUT2D eigenvalue weighted by molar-refractivity contribution is 0.0600. The summed E-state index contributed by atoms with van der Waals surface area (Å²) in [7, 11) is 1.37. The fraction of sp³-hybridized carbons (Fsp3) is 0.475. The number of hydrogen-bond acceptors (Lipinski definition) is 5. The zero-order valence-electron chi connectivity index (χ0n) is 28.3. The van der Waals surface area contributed by atoms with Gasteiger partial charge in [-0.25, -0.2) is 9.78 Å². The normalized spacial score (nSPS) is 22.6. The SMILES string of the molecule is COC(=O)c1cccc(C(=O)N2CCC(CCN3C4CC[C@@H]3CC(n3c(C)nc5ccccc53)C4)(c3cccc(C(C)C)c3)CC2)c1. The molecule has 47 heavy (non-hydrogen) atoms. The highest BCUT2D eigenvalue weighted by Crippen LogP contribution is 2.45. The third kappa shape index (κ3) is 5.99. The Bertz CT molecular complexity index is 1750. The van der Waals surface area contributed by atoms with Gasteiger partial charge in [-0.1, -0.05) is 56.3 Å². The highest BCUT2D eigenvalue weighted by molar-refractivity contribution is 5.98. The first kappa shape index (κ1) is 31.6. The molecule has 1 aromatic heterocycles. The first-order chi connectivity index (χ1) is 22.8. The van der Waals surface area contributed by atoms with Crippen LogP contribution in [0.25, 0.3) is 11.0 Å². The van der Waals surface area contributed by atoms with Crippen LogP contribution in [0.3, 0.4) is 0 Å². The molecule has 3 aromatic carbocycles. The van der Waals surface area contributed by atoms with Gasteiger partial charge in [0.2, 0.25) is 0 Å². The predicted octanol–water partition coefficient (Wildman–Crippen LogP) is 7.69. The number of fused-ring (bicyclic) bond motifs is 3. The number of carbonyl (C=O) groups is 2. The van der Waals surface area contributed by atoms with Gasteiger partial charge in [0, 0.05) is 36.8 Å². The monoisotopic (exact) mass is 632 g/mol. The van der Waals surface area contributed by atoms with Crippen LogP contribution in [-0.2, 0) is 10.2 Å². The van der Waals surface area contributed by atoms with E-state index < -0.39 is 5.97 Å². The van der Waals surface area contributed by atoms with Gasteiger partial charge in [-0.2, -0.15) is 0 Å². The molecule has 246 valence electrons. The minimum atomic E-state index is -0.422. The minimum absolute atomic E-state index is 0.0114. The van der Waals surface area contributed by atoms with Crippen molar-refractivity contribution in [2.24, 2.45) is 0 Å². The van der Waals surface area contributed by atoms with Gasteiger partial charge < -0.3 is 14.2 Å². The van der Waals surface area contributed by atoms with Crippen molar-refractivity contribution in [3.63, 3.8) is 0 Å². The summed E-state index contributed by atoms with van der Waals surface area (Å²) in [5.41, 5.74) is 6.14. The van der Waals surface area contributed by atoms with Crippen molar-refractivity contribution < 1.29 is 14.3 Å². The van der Waals surface area contributed by atoms with Crippen molar-refractivity contribution in [3.05, 3.63) is 101 Å². The molecule has 3 aliphatic rings. The summed E-state index contributed by atoms with van der Waals surface area (Å²) in [6.45, 7) is 9.19. The first-order valence-electron chi connectivity index (χ1n) is 17.5. The smallest absolute Gasteiger partial charge is 0.337 e. The van der Waals surface area contributed by atoms with E-state index in [1.54, 1.807) is 24.3 Å². The lowest BCUT2D eigenvalue weighted by Crippen LogP contribution is -2.49. The number of imidazole rings is 1. The second kappa shape index (κ2) is 12.9. The van der Waals surface area contributed by atoms with E-state index in [4.69, 9.17) is 9.72 Å². The zero-order valence-corrected chi connectivity index (χ0v) is 28.3. The molecule has 3 saturated heterocycles. The van der Waals surface area contributed by atoms with Gasteiger partial charge in [0.15, 0.2) is 0 Å². The van der Waals surface area contributed by atoms with Crippen LogP contribution in [0.2, 0.25) is 0 Å². The number of rotatable bonds is 8. The quantitative estimate of drug-likeness (QED) is 0.186. The van der Waals surface area contributed by atoms with Gasteiger partial charge in [-0.3, -0.25) is 9.69 Å². The van der Waals surface area contributed by atoms with Crippen molar-refractivity contribution in [1.82, 2.24) is 19.4 Å². The van der Waals surface area contributed by atoms with E-state index in [1.807, 2.05) is 4.90 Å². The van der Waals surface area contributed by atoms with Crippen molar-refractivity contribution in [2.75, 3.05) is 26.7 Å². The van der Waals surface area contributed by atoms with Crippen LogP contribution in [0.4, 0.5) is 0 Å². The molecule has 2 unspecified atom stereocenters. The number of aromatic nitrogens is 2. The third-order valence-electron chi connectivity index (χ3n) is 11.5. The highest BCUT2D eigenvalue weighted by Gasteiger charge is 2.44.